The Morgan fingerprint density at radius 3 is 1.52 bits per heavy atom. The van der Waals surface area contributed by atoms with Crippen LogP contribution in [0.4, 0.5) is 0 Å². The first-order valence-corrected chi connectivity index (χ1v) is 10.8. The van der Waals surface area contributed by atoms with Crippen LogP contribution in [0.2, 0.25) is 0 Å². The van der Waals surface area contributed by atoms with Gasteiger partial charge in [-0.3, -0.25) is 0 Å². The number of carbonyl (C=O) groups excluding carboxylic acids is 2. The molecule has 0 unspecified atom stereocenters. The van der Waals surface area contributed by atoms with Crippen molar-refractivity contribution in [3.8, 4) is 22.6 Å². The predicted octanol–water partition coefficient (Wildman–Crippen LogP) is 6.92. The van der Waals surface area contributed by atoms with Gasteiger partial charge in [-0.1, -0.05) is 92.7 Å². The quantitative estimate of drug-likeness (QED) is 0.243. The van der Waals surface area contributed by atoms with Crippen LogP contribution in [0.1, 0.15) is 46.0 Å². The number of esters is 2. The molecule has 164 valence electrons. The summed E-state index contributed by atoms with van der Waals surface area (Å²) in [7, 11) is 0. The zero-order valence-corrected chi connectivity index (χ0v) is 18.5. The molecule has 0 aromatic heterocycles. The molecule has 33 heavy (non-hydrogen) atoms. The molecule has 4 heteroatoms. The van der Waals surface area contributed by atoms with Gasteiger partial charge >= 0.3 is 11.9 Å². The number of carbonyl (C=O) groups is 2. The van der Waals surface area contributed by atoms with Crippen LogP contribution in [0.3, 0.4) is 0 Å². The maximum atomic E-state index is 13.0. The Labute approximate surface area is 193 Å². The van der Waals surface area contributed by atoms with Gasteiger partial charge < -0.3 is 9.47 Å². The van der Waals surface area contributed by atoms with Crippen molar-refractivity contribution in [1.82, 2.24) is 0 Å². The van der Waals surface area contributed by atoms with Gasteiger partial charge in [0.15, 0.2) is 11.5 Å². The summed E-state index contributed by atoms with van der Waals surface area (Å²) in [5.41, 5.74) is 3.11. The molecule has 0 amide bonds. The van der Waals surface area contributed by atoms with Crippen molar-refractivity contribution in [1.29, 1.82) is 0 Å². The van der Waals surface area contributed by atoms with Gasteiger partial charge in [0.1, 0.15) is 0 Å². The van der Waals surface area contributed by atoms with Gasteiger partial charge in [0.25, 0.3) is 0 Å². The minimum Gasteiger partial charge on any atom is -0.419 e. The van der Waals surface area contributed by atoms with Crippen LogP contribution in [-0.4, -0.2) is 11.9 Å². The molecule has 0 saturated carbocycles. The highest BCUT2D eigenvalue weighted by atomic mass is 16.6. The maximum absolute atomic E-state index is 13.0. The van der Waals surface area contributed by atoms with Crippen LogP contribution in [0.25, 0.3) is 11.1 Å². The second-order valence-corrected chi connectivity index (χ2v) is 7.89. The number of benzene rings is 4. The third kappa shape index (κ3) is 5.01. The number of rotatable bonds is 6. The minimum absolute atomic E-state index is 0.0302. The van der Waals surface area contributed by atoms with Crippen molar-refractivity contribution in [3.05, 3.63) is 120 Å². The summed E-state index contributed by atoms with van der Waals surface area (Å²) in [6, 6.07) is 30.9. The molecule has 0 heterocycles. The SMILES string of the molecule is CC(C)c1ccc(-c2ccccc2)c(OC(=O)c2ccccc2)c1OC(=O)c1ccccc1. The first kappa shape index (κ1) is 22.0. The Morgan fingerprint density at radius 1 is 0.576 bits per heavy atom. The van der Waals surface area contributed by atoms with E-state index in [0.717, 1.165) is 11.1 Å². The van der Waals surface area contributed by atoms with Gasteiger partial charge in [-0.25, -0.2) is 9.59 Å². The third-order valence-electron chi connectivity index (χ3n) is 5.26. The topological polar surface area (TPSA) is 52.6 Å². The Morgan fingerprint density at radius 2 is 1.03 bits per heavy atom. The first-order valence-electron chi connectivity index (χ1n) is 10.8. The smallest absolute Gasteiger partial charge is 0.343 e. The third-order valence-corrected chi connectivity index (χ3v) is 5.26. The molecule has 0 atom stereocenters. The molecule has 0 aliphatic rings. The van der Waals surface area contributed by atoms with Crippen LogP contribution in [0.15, 0.2) is 103 Å². The molecule has 4 aromatic carbocycles. The lowest BCUT2D eigenvalue weighted by Gasteiger charge is -2.20. The summed E-state index contributed by atoms with van der Waals surface area (Å²) in [4.78, 5) is 26.0. The molecule has 0 aliphatic heterocycles. The molecule has 0 spiro atoms. The molecular formula is C29H24O4. The summed E-state index contributed by atoms with van der Waals surface area (Å²) >= 11 is 0. The van der Waals surface area contributed by atoms with Crippen LogP contribution in [0.5, 0.6) is 11.5 Å². The van der Waals surface area contributed by atoms with Gasteiger partial charge in [-0.05, 0) is 35.7 Å². The second kappa shape index (κ2) is 9.96. The molecule has 0 bridgehead atoms. The Kier molecular flexibility index (Phi) is 6.65. The Balaban J connectivity index is 1.86. The Hall–Kier alpha value is -4.18. The van der Waals surface area contributed by atoms with Crippen LogP contribution < -0.4 is 9.47 Å². The molecule has 0 aliphatic carbocycles. The fourth-order valence-corrected chi connectivity index (χ4v) is 3.54. The van der Waals surface area contributed by atoms with Crippen LogP contribution >= 0.6 is 0 Å². The molecule has 4 aromatic rings. The van der Waals surface area contributed by atoms with E-state index in [9.17, 15) is 9.59 Å². The number of ether oxygens (including phenoxy) is 2. The van der Waals surface area contributed by atoms with Crippen molar-refractivity contribution >= 4 is 11.9 Å². The van der Waals surface area contributed by atoms with Gasteiger partial charge in [0.05, 0.1) is 11.1 Å². The largest absolute Gasteiger partial charge is 0.419 e. The monoisotopic (exact) mass is 436 g/mol. The van der Waals surface area contributed by atoms with E-state index in [1.165, 1.54) is 0 Å². The summed E-state index contributed by atoms with van der Waals surface area (Å²) in [5.74, 6) is -0.525. The summed E-state index contributed by atoms with van der Waals surface area (Å²) < 4.78 is 11.8. The molecule has 4 rings (SSSR count). The molecule has 0 fully saturated rings. The van der Waals surface area contributed by atoms with Crippen molar-refractivity contribution < 1.29 is 19.1 Å². The van der Waals surface area contributed by atoms with Crippen molar-refractivity contribution in [2.24, 2.45) is 0 Å². The van der Waals surface area contributed by atoms with Gasteiger partial charge in [-0.15, -0.1) is 0 Å². The molecular weight excluding hydrogens is 412 g/mol. The minimum atomic E-state index is -0.523. The highest BCUT2D eigenvalue weighted by molar-refractivity contribution is 5.95. The lowest BCUT2D eigenvalue weighted by atomic mass is 9.96. The van der Waals surface area contributed by atoms with Crippen molar-refractivity contribution in [3.63, 3.8) is 0 Å². The summed E-state index contributed by atoms with van der Waals surface area (Å²) in [5, 5.41) is 0. The number of hydrogen-bond acceptors (Lipinski definition) is 4. The highest BCUT2D eigenvalue weighted by Gasteiger charge is 2.25. The van der Waals surface area contributed by atoms with Crippen molar-refractivity contribution in [2.75, 3.05) is 0 Å². The second-order valence-electron chi connectivity index (χ2n) is 7.89. The average molecular weight is 437 g/mol. The van der Waals surface area contributed by atoms with Gasteiger partial charge in [0, 0.05) is 11.1 Å². The van der Waals surface area contributed by atoms with Crippen molar-refractivity contribution in [2.45, 2.75) is 19.8 Å². The van der Waals surface area contributed by atoms with E-state index < -0.39 is 11.9 Å². The van der Waals surface area contributed by atoms with E-state index in [4.69, 9.17) is 9.47 Å². The molecule has 4 nitrogen and oxygen atoms in total. The maximum Gasteiger partial charge on any atom is 0.343 e. The first-order chi connectivity index (χ1) is 16.0. The summed E-state index contributed by atoms with van der Waals surface area (Å²) in [6.45, 7) is 4.00. The zero-order valence-electron chi connectivity index (χ0n) is 18.5. The highest BCUT2D eigenvalue weighted by Crippen LogP contribution is 2.44. The van der Waals surface area contributed by atoms with Gasteiger partial charge in [-0.2, -0.15) is 0 Å². The van der Waals surface area contributed by atoms with E-state index in [2.05, 4.69) is 0 Å². The van der Waals surface area contributed by atoms with Gasteiger partial charge in [0.2, 0.25) is 0 Å². The number of hydrogen-bond donors (Lipinski definition) is 0. The van der Waals surface area contributed by atoms with Crippen LogP contribution in [-0.2, 0) is 0 Å². The fourth-order valence-electron chi connectivity index (χ4n) is 3.54. The predicted molar refractivity (Wildman–Crippen MR) is 129 cm³/mol. The molecule has 0 saturated heterocycles. The molecule has 0 radical (unpaired) electrons. The lowest BCUT2D eigenvalue weighted by Crippen LogP contribution is -2.15. The zero-order chi connectivity index (χ0) is 23.2. The Bertz CT molecular complexity index is 1250. The van der Waals surface area contributed by atoms with E-state index in [1.54, 1.807) is 48.5 Å². The average Bonchev–Trinajstić information content (AvgIpc) is 2.86. The fraction of sp³-hybridized carbons (Fsp3) is 0.103. The normalized spacial score (nSPS) is 10.6. The van der Waals surface area contributed by atoms with E-state index >= 15 is 0 Å². The van der Waals surface area contributed by atoms with E-state index in [1.807, 2.05) is 68.4 Å². The lowest BCUT2D eigenvalue weighted by molar-refractivity contribution is 0.0681. The van der Waals surface area contributed by atoms with Crippen LogP contribution in [0, 0.1) is 0 Å². The standard InChI is InChI=1S/C29H24O4/c1-20(2)24-18-19-25(21-12-6-3-7-13-21)27(33-29(31)23-16-10-5-11-17-23)26(24)32-28(30)22-14-8-4-9-15-22/h3-20H,1-2H3. The van der Waals surface area contributed by atoms with E-state index in [0.29, 0.717) is 16.7 Å². The molecule has 0 N–H and O–H groups in total. The van der Waals surface area contributed by atoms with E-state index in [-0.39, 0.29) is 17.4 Å². The summed E-state index contributed by atoms with van der Waals surface area (Å²) in [6.07, 6.45) is 0.